The molecule has 23 heavy (non-hydrogen) atoms. The minimum absolute atomic E-state index is 0.0108. The highest BCUT2D eigenvalue weighted by Crippen LogP contribution is 2.30. The lowest BCUT2D eigenvalue weighted by atomic mass is 10.3. The topological polar surface area (TPSA) is 49.4 Å². The molecular weight excluding hydrogens is 387 g/mol. The van der Waals surface area contributed by atoms with Crippen LogP contribution in [0.5, 0.6) is 0 Å². The van der Waals surface area contributed by atoms with E-state index in [0.29, 0.717) is 5.69 Å². The van der Waals surface area contributed by atoms with Crippen molar-refractivity contribution in [3.05, 3.63) is 69.6 Å². The van der Waals surface area contributed by atoms with Crippen LogP contribution >= 0.6 is 27.5 Å². The third-order valence-corrected chi connectivity index (χ3v) is 4.11. The number of imide groups is 1. The summed E-state index contributed by atoms with van der Waals surface area (Å²) in [5, 5.41) is 2.64. The fraction of sp³-hybridized carbons (Fsp3) is 0. The normalized spacial score (nSPS) is 14.7. The number of carbonyl (C=O) groups excluding carboxylic acids is 2. The first-order valence-electron chi connectivity index (χ1n) is 6.54. The number of halogens is 3. The zero-order chi connectivity index (χ0) is 16.6. The Morgan fingerprint density at radius 1 is 0.957 bits per heavy atom. The van der Waals surface area contributed by atoms with Crippen molar-refractivity contribution in [1.82, 2.24) is 0 Å². The Balaban J connectivity index is 1.90. The Labute approximate surface area is 144 Å². The number of benzene rings is 2. The van der Waals surface area contributed by atoms with Gasteiger partial charge in [-0.1, -0.05) is 27.5 Å². The summed E-state index contributed by atoms with van der Waals surface area (Å²) in [6.45, 7) is 0. The van der Waals surface area contributed by atoms with E-state index in [-0.39, 0.29) is 16.4 Å². The van der Waals surface area contributed by atoms with Gasteiger partial charge in [-0.15, -0.1) is 0 Å². The summed E-state index contributed by atoms with van der Waals surface area (Å²) in [6, 6.07) is 12.1. The van der Waals surface area contributed by atoms with Gasteiger partial charge >= 0.3 is 0 Å². The maximum Gasteiger partial charge on any atom is 0.283 e. The number of rotatable bonds is 3. The summed E-state index contributed by atoms with van der Waals surface area (Å²) < 4.78 is 13.9. The number of nitrogens with one attached hydrogen (secondary N) is 1. The van der Waals surface area contributed by atoms with Crippen molar-refractivity contribution in [2.24, 2.45) is 0 Å². The molecule has 1 aliphatic rings. The van der Waals surface area contributed by atoms with E-state index in [0.717, 1.165) is 9.37 Å². The van der Waals surface area contributed by atoms with Crippen molar-refractivity contribution in [1.29, 1.82) is 0 Å². The van der Waals surface area contributed by atoms with Gasteiger partial charge in [0.05, 0.1) is 5.69 Å². The molecule has 1 N–H and O–H groups in total. The molecule has 0 aromatic heterocycles. The highest BCUT2D eigenvalue weighted by molar-refractivity contribution is 9.10. The monoisotopic (exact) mass is 394 g/mol. The molecule has 0 spiro atoms. The maximum atomic E-state index is 13.0. The standard InChI is InChI=1S/C16H9BrClFN2O2/c17-9-1-5-11(6-2-9)20-14-13(18)15(22)21(16(14)23)12-7-3-10(19)4-8-12/h1-8,20H. The van der Waals surface area contributed by atoms with Crippen LogP contribution in [0.25, 0.3) is 0 Å². The SMILES string of the molecule is O=C1C(Cl)=C(Nc2ccc(Br)cc2)C(=O)N1c1ccc(F)cc1. The molecule has 0 saturated carbocycles. The van der Waals surface area contributed by atoms with Crippen LogP contribution in [0.1, 0.15) is 0 Å². The van der Waals surface area contributed by atoms with Crippen LogP contribution in [-0.4, -0.2) is 11.8 Å². The van der Waals surface area contributed by atoms with E-state index in [2.05, 4.69) is 21.2 Å². The molecule has 0 bridgehead atoms. The summed E-state index contributed by atoms with van der Waals surface area (Å²) >= 11 is 9.31. The Bertz CT molecular complexity index is 819. The molecule has 2 amide bonds. The number of hydrogen-bond acceptors (Lipinski definition) is 3. The minimum atomic E-state index is -0.650. The van der Waals surface area contributed by atoms with E-state index in [1.807, 2.05) is 0 Å². The van der Waals surface area contributed by atoms with Gasteiger partial charge < -0.3 is 5.32 Å². The molecule has 0 saturated heterocycles. The van der Waals surface area contributed by atoms with E-state index in [9.17, 15) is 14.0 Å². The Kier molecular flexibility index (Phi) is 4.19. The molecule has 0 unspecified atom stereocenters. The third-order valence-electron chi connectivity index (χ3n) is 3.23. The lowest BCUT2D eigenvalue weighted by Crippen LogP contribution is -2.32. The van der Waals surface area contributed by atoms with Crippen molar-refractivity contribution in [2.75, 3.05) is 10.2 Å². The second-order valence-corrected chi connectivity index (χ2v) is 6.04. The van der Waals surface area contributed by atoms with Crippen molar-refractivity contribution in [2.45, 2.75) is 0 Å². The van der Waals surface area contributed by atoms with E-state index in [1.165, 1.54) is 24.3 Å². The molecule has 0 fully saturated rings. The van der Waals surface area contributed by atoms with Crippen LogP contribution < -0.4 is 10.2 Å². The van der Waals surface area contributed by atoms with E-state index in [1.54, 1.807) is 24.3 Å². The molecule has 1 aliphatic heterocycles. The highest BCUT2D eigenvalue weighted by atomic mass is 79.9. The van der Waals surface area contributed by atoms with Gasteiger partial charge in [-0.3, -0.25) is 9.59 Å². The zero-order valence-corrected chi connectivity index (χ0v) is 13.9. The number of amides is 2. The van der Waals surface area contributed by atoms with Gasteiger partial charge in [0.25, 0.3) is 11.8 Å². The van der Waals surface area contributed by atoms with Gasteiger partial charge in [0.1, 0.15) is 16.5 Å². The molecule has 2 aromatic rings. The fourth-order valence-corrected chi connectivity index (χ4v) is 2.59. The summed E-state index contributed by atoms with van der Waals surface area (Å²) in [4.78, 5) is 25.6. The average molecular weight is 396 g/mol. The molecule has 0 radical (unpaired) electrons. The lowest BCUT2D eigenvalue weighted by Gasteiger charge is -2.15. The first kappa shape index (κ1) is 15.7. The van der Waals surface area contributed by atoms with Crippen LogP contribution in [0.2, 0.25) is 0 Å². The largest absolute Gasteiger partial charge is 0.350 e. The first-order valence-corrected chi connectivity index (χ1v) is 7.71. The fourth-order valence-electron chi connectivity index (χ4n) is 2.11. The van der Waals surface area contributed by atoms with Crippen LogP contribution in [0, 0.1) is 5.82 Å². The van der Waals surface area contributed by atoms with Crippen molar-refractivity contribution in [3.63, 3.8) is 0 Å². The van der Waals surface area contributed by atoms with Crippen LogP contribution in [0.3, 0.4) is 0 Å². The molecule has 3 rings (SSSR count). The molecule has 0 aliphatic carbocycles. The molecule has 116 valence electrons. The van der Waals surface area contributed by atoms with Crippen LogP contribution in [-0.2, 0) is 9.59 Å². The van der Waals surface area contributed by atoms with Gasteiger partial charge in [-0.05, 0) is 48.5 Å². The first-order chi connectivity index (χ1) is 11.0. The predicted octanol–water partition coefficient (Wildman–Crippen LogP) is 4.02. The Morgan fingerprint density at radius 2 is 1.57 bits per heavy atom. The lowest BCUT2D eigenvalue weighted by molar-refractivity contribution is -0.120. The Hall–Kier alpha value is -2.18. The summed E-state index contributed by atoms with van der Waals surface area (Å²) in [6.07, 6.45) is 0. The summed E-state index contributed by atoms with van der Waals surface area (Å²) in [5.74, 6) is -1.70. The maximum absolute atomic E-state index is 13.0. The number of nitrogens with zero attached hydrogens (tertiary/aromatic N) is 1. The molecule has 2 aromatic carbocycles. The van der Waals surface area contributed by atoms with Gasteiger partial charge in [-0.25, -0.2) is 9.29 Å². The van der Waals surface area contributed by atoms with Gasteiger partial charge in [0, 0.05) is 10.2 Å². The molecule has 1 heterocycles. The second kappa shape index (κ2) is 6.14. The molecule has 4 nitrogen and oxygen atoms in total. The quantitative estimate of drug-likeness (QED) is 0.799. The summed E-state index contributed by atoms with van der Waals surface area (Å²) in [7, 11) is 0. The Morgan fingerprint density at radius 3 is 2.17 bits per heavy atom. The van der Waals surface area contributed by atoms with Crippen molar-refractivity contribution in [3.8, 4) is 0 Å². The van der Waals surface area contributed by atoms with Crippen molar-refractivity contribution < 1.29 is 14.0 Å². The van der Waals surface area contributed by atoms with E-state index < -0.39 is 17.6 Å². The molecular formula is C16H9BrClFN2O2. The summed E-state index contributed by atoms with van der Waals surface area (Å²) in [5.41, 5.74) is 0.860. The van der Waals surface area contributed by atoms with Gasteiger partial charge in [-0.2, -0.15) is 0 Å². The molecule has 7 heteroatoms. The predicted molar refractivity (Wildman–Crippen MR) is 89.5 cm³/mol. The number of hydrogen-bond donors (Lipinski definition) is 1. The number of anilines is 2. The van der Waals surface area contributed by atoms with Crippen LogP contribution in [0.4, 0.5) is 15.8 Å². The van der Waals surface area contributed by atoms with Crippen LogP contribution in [0.15, 0.2) is 63.7 Å². The van der Waals surface area contributed by atoms with Gasteiger partial charge in [0.15, 0.2) is 0 Å². The number of carbonyl (C=O) groups is 2. The third kappa shape index (κ3) is 3.00. The van der Waals surface area contributed by atoms with E-state index >= 15 is 0 Å². The van der Waals surface area contributed by atoms with Gasteiger partial charge in [0.2, 0.25) is 0 Å². The zero-order valence-electron chi connectivity index (χ0n) is 11.5. The van der Waals surface area contributed by atoms with Crippen molar-refractivity contribution >= 4 is 50.7 Å². The smallest absolute Gasteiger partial charge is 0.283 e. The highest BCUT2D eigenvalue weighted by Gasteiger charge is 2.38. The minimum Gasteiger partial charge on any atom is -0.350 e. The average Bonchev–Trinajstić information content (AvgIpc) is 2.74. The second-order valence-electron chi connectivity index (χ2n) is 4.74. The van der Waals surface area contributed by atoms with E-state index in [4.69, 9.17) is 11.6 Å². The molecule has 0 atom stereocenters.